The monoisotopic (exact) mass is 288 g/mol. The van der Waals surface area contributed by atoms with Crippen LogP contribution in [0.5, 0.6) is 5.75 Å². The molecule has 1 aromatic rings. The first-order chi connectivity index (χ1) is 9.93. The number of methoxy groups -OCH3 is 1. The normalized spacial score (nSPS) is 21.5. The summed E-state index contributed by atoms with van der Waals surface area (Å²) in [6.07, 6.45) is 2.31. The molecule has 1 aromatic heterocycles. The number of pyridine rings is 1. The number of carbonyl (C=O) groups excluding carboxylic acids is 1. The highest BCUT2D eigenvalue weighted by Gasteiger charge is 2.48. The van der Waals surface area contributed by atoms with Crippen molar-refractivity contribution < 1.29 is 9.53 Å². The molecule has 1 amide bonds. The number of carbonyl (C=O) groups is 1. The summed E-state index contributed by atoms with van der Waals surface area (Å²) in [6.45, 7) is 6.95. The number of nitriles is 1. The van der Waals surface area contributed by atoms with E-state index in [0.717, 1.165) is 13.0 Å². The smallest absolute Gasteiger partial charge is 0.245 e. The lowest BCUT2D eigenvalue weighted by Crippen LogP contribution is -2.66. The Morgan fingerprint density at radius 1 is 1.62 bits per heavy atom. The molecule has 21 heavy (non-hydrogen) atoms. The number of nitrogens with zero attached hydrogens (tertiary/aromatic N) is 3. The van der Waals surface area contributed by atoms with Crippen molar-refractivity contribution in [2.75, 3.05) is 19.0 Å². The first-order valence-corrected chi connectivity index (χ1v) is 6.95. The minimum atomic E-state index is -0.550. The topological polar surface area (TPSA) is 78.2 Å². The lowest BCUT2D eigenvalue weighted by atomic mass is 9.84. The van der Waals surface area contributed by atoms with Crippen LogP contribution in [-0.4, -0.2) is 41.0 Å². The standard InChI is InChI=1S/C15H20N4O2/c1-10(2)19-8-6-15(19,3)14(20)18-13-11(9-16)12(21-4)5-7-17-13/h5,7,10H,6,8H2,1-4H3,(H,17,18,20). The minimum Gasteiger partial charge on any atom is -0.495 e. The molecular formula is C15H20N4O2. The molecule has 0 bridgehead atoms. The van der Waals surface area contributed by atoms with Crippen LogP contribution >= 0.6 is 0 Å². The van der Waals surface area contributed by atoms with Crippen molar-refractivity contribution in [3.8, 4) is 11.8 Å². The second-order valence-electron chi connectivity index (χ2n) is 5.61. The van der Waals surface area contributed by atoms with E-state index in [1.54, 1.807) is 6.07 Å². The summed E-state index contributed by atoms with van der Waals surface area (Å²) < 4.78 is 5.12. The van der Waals surface area contributed by atoms with Crippen molar-refractivity contribution in [2.24, 2.45) is 0 Å². The maximum atomic E-state index is 12.6. The molecule has 2 rings (SSSR count). The summed E-state index contributed by atoms with van der Waals surface area (Å²) in [5, 5.41) is 12.0. The molecule has 0 saturated carbocycles. The molecule has 1 N–H and O–H groups in total. The Balaban J connectivity index is 2.23. The number of aromatic nitrogens is 1. The predicted molar refractivity (Wildman–Crippen MR) is 79.0 cm³/mol. The number of hydrogen-bond acceptors (Lipinski definition) is 5. The number of anilines is 1. The fraction of sp³-hybridized carbons (Fsp3) is 0.533. The van der Waals surface area contributed by atoms with Crippen LogP contribution in [-0.2, 0) is 4.79 Å². The first-order valence-electron chi connectivity index (χ1n) is 6.95. The minimum absolute atomic E-state index is 0.139. The maximum absolute atomic E-state index is 12.6. The van der Waals surface area contributed by atoms with Crippen LogP contribution < -0.4 is 10.1 Å². The van der Waals surface area contributed by atoms with Gasteiger partial charge >= 0.3 is 0 Å². The average molecular weight is 288 g/mol. The molecule has 1 unspecified atom stereocenters. The SMILES string of the molecule is COc1ccnc(NC(=O)C2(C)CCN2C(C)C)c1C#N. The van der Waals surface area contributed by atoms with Crippen molar-refractivity contribution in [3.05, 3.63) is 17.8 Å². The Bertz CT molecular complexity index is 594. The third-order valence-corrected chi connectivity index (χ3v) is 4.06. The number of amides is 1. The zero-order chi connectivity index (χ0) is 15.6. The molecule has 1 aliphatic rings. The van der Waals surface area contributed by atoms with Crippen molar-refractivity contribution in [3.63, 3.8) is 0 Å². The third kappa shape index (κ3) is 2.57. The van der Waals surface area contributed by atoms with Crippen molar-refractivity contribution in [1.82, 2.24) is 9.88 Å². The van der Waals surface area contributed by atoms with E-state index in [4.69, 9.17) is 4.74 Å². The molecule has 2 heterocycles. The van der Waals surface area contributed by atoms with Crippen LogP contribution in [0.2, 0.25) is 0 Å². The van der Waals surface area contributed by atoms with E-state index in [9.17, 15) is 10.1 Å². The van der Waals surface area contributed by atoms with Crippen LogP contribution in [0.4, 0.5) is 5.82 Å². The van der Waals surface area contributed by atoms with E-state index in [2.05, 4.69) is 29.0 Å². The second-order valence-corrected chi connectivity index (χ2v) is 5.61. The highest BCUT2D eigenvalue weighted by Crippen LogP contribution is 2.34. The van der Waals surface area contributed by atoms with Crippen molar-refractivity contribution in [2.45, 2.75) is 38.8 Å². The van der Waals surface area contributed by atoms with Crippen LogP contribution in [0.1, 0.15) is 32.8 Å². The molecule has 112 valence electrons. The average Bonchev–Trinajstić information content (AvgIpc) is 2.44. The Morgan fingerprint density at radius 3 is 2.81 bits per heavy atom. The van der Waals surface area contributed by atoms with Crippen LogP contribution in [0.3, 0.4) is 0 Å². The summed E-state index contributed by atoms with van der Waals surface area (Å²) in [6, 6.07) is 3.92. The molecule has 0 spiro atoms. The summed E-state index contributed by atoms with van der Waals surface area (Å²) in [4.78, 5) is 18.8. The van der Waals surface area contributed by atoms with Crippen molar-refractivity contribution >= 4 is 11.7 Å². The summed E-state index contributed by atoms with van der Waals surface area (Å²) in [5.41, 5.74) is -0.307. The fourth-order valence-corrected chi connectivity index (χ4v) is 2.71. The van der Waals surface area contributed by atoms with Crippen LogP contribution in [0, 0.1) is 11.3 Å². The van der Waals surface area contributed by atoms with Gasteiger partial charge < -0.3 is 10.1 Å². The molecule has 1 saturated heterocycles. The molecule has 0 aromatic carbocycles. The van der Waals surface area contributed by atoms with E-state index < -0.39 is 5.54 Å². The Labute approximate surface area is 124 Å². The van der Waals surface area contributed by atoms with Crippen molar-refractivity contribution in [1.29, 1.82) is 5.26 Å². The molecule has 6 heteroatoms. The number of nitrogens with one attached hydrogen (secondary N) is 1. The summed E-state index contributed by atoms with van der Waals surface area (Å²) in [5.74, 6) is 0.515. The first kappa shape index (κ1) is 15.3. The van der Waals surface area contributed by atoms with Gasteiger partial charge in [-0.2, -0.15) is 5.26 Å². The van der Waals surface area contributed by atoms with Gasteiger partial charge in [-0.15, -0.1) is 0 Å². The molecular weight excluding hydrogens is 268 g/mol. The number of ether oxygens (including phenoxy) is 1. The van der Waals surface area contributed by atoms with E-state index >= 15 is 0 Å². The summed E-state index contributed by atoms with van der Waals surface area (Å²) >= 11 is 0. The Kier molecular flexibility index (Phi) is 4.14. The van der Waals surface area contributed by atoms with Gasteiger partial charge in [0.05, 0.1) is 12.6 Å². The van der Waals surface area contributed by atoms with Gasteiger partial charge in [0.2, 0.25) is 5.91 Å². The highest BCUT2D eigenvalue weighted by molar-refractivity contribution is 5.99. The molecule has 1 fully saturated rings. The second kappa shape index (κ2) is 5.70. The zero-order valence-electron chi connectivity index (χ0n) is 12.8. The zero-order valence-corrected chi connectivity index (χ0v) is 12.8. The van der Waals surface area contributed by atoms with Crippen LogP contribution in [0.15, 0.2) is 12.3 Å². The number of hydrogen-bond donors (Lipinski definition) is 1. The quantitative estimate of drug-likeness (QED) is 0.913. The van der Waals surface area contributed by atoms with E-state index in [1.165, 1.54) is 13.3 Å². The van der Waals surface area contributed by atoms with Crippen LogP contribution in [0.25, 0.3) is 0 Å². The van der Waals surface area contributed by atoms with E-state index in [-0.39, 0.29) is 17.3 Å². The number of rotatable bonds is 4. The lowest BCUT2D eigenvalue weighted by Gasteiger charge is -2.51. The summed E-state index contributed by atoms with van der Waals surface area (Å²) in [7, 11) is 1.48. The third-order valence-electron chi connectivity index (χ3n) is 4.06. The van der Waals surface area contributed by atoms with Gasteiger partial charge in [-0.25, -0.2) is 4.98 Å². The van der Waals surface area contributed by atoms with E-state index in [0.29, 0.717) is 11.8 Å². The van der Waals surface area contributed by atoms with Gasteiger partial charge in [-0.05, 0) is 33.3 Å². The molecule has 0 aliphatic carbocycles. The Morgan fingerprint density at radius 2 is 2.33 bits per heavy atom. The van der Waals surface area contributed by atoms with Gasteiger partial charge in [-0.1, -0.05) is 0 Å². The van der Waals surface area contributed by atoms with Gasteiger partial charge in [0.25, 0.3) is 0 Å². The van der Waals surface area contributed by atoms with Gasteiger partial charge in [0, 0.05) is 18.8 Å². The fourth-order valence-electron chi connectivity index (χ4n) is 2.71. The molecule has 1 atom stereocenters. The van der Waals surface area contributed by atoms with Gasteiger partial charge in [-0.3, -0.25) is 9.69 Å². The largest absolute Gasteiger partial charge is 0.495 e. The highest BCUT2D eigenvalue weighted by atomic mass is 16.5. The van der Waals surface area contributed by atoms with E-state index in [1.807, 2.05) is 13.0 Å². The lowest BCUT2D eigenvalue weighted by molar-refractivity contribution is -0.138. The maximum Gasteiger partial charge on any atom is 0.245 e. The molecule has 6 nitrogen and oxygen atoms in total. The predicted octanol–water partition coefficient (Wildman–Crippen LogP) is 1.77. The number of likely N-dealkylation sites (tertiary alicyclic amines) is 1. The van der Waals surface area contributed by atoms with Gasteiger partial charge in [0.15, 0.2) is 5.82 Å². The van der Waals surface area contributed by atoms with Gasteiger partial charge in [0.1, 0.15) is 17.4 Å². The Hall–Kier alpha value is -2.13. The molecule has 1 aliphatic heterocycles. The molecule has 0 radical (unpaired) electrons.